The summed E-state index contributed by atoms with van der Waals surface area (Å²) in [6.45, 7) is 1.30. The van der Waals surface area contributed by atoms with Gasteiger partial charge in [0.1, 0.15) is 5.75 Å². The van der Waals surface area contributed by atoms with E-state index in [-0.39, 0.29) is 23.2 Å². The smallest absolute Gasteiger partial charge is 0.220 e. The van der Waals surface area contributed by atoms with Crippen LogP contribution in [0, 0.1) is 0 Å². The van der Waals surface area contributed by atoms with Crippen molar-refractivity contribution in [3.05, 3.63) is 24.3 Å². The van der Waals surface area contributed by atoms with E-state index in [1.807, 2.05) is 0 Å². The maximum atomic E-state index is 11.3. The minimum Gasteiger partial charge on any atom is -0.494 e. The Hall–Kier alpha value is -1.31. The van der Waals surface area contributed by atoms with Gasteiger partial charge < -0.3 is 15.8 Å². The molecule has 0 saturated carbocycles. The van der Waals surface area contributed by atoms with Crippen LogP contribution in [-0.4, -0.2) is 40.3 Å². The largest absolute Gasteiger partial charge is 0.494 e. The van der Waals surface area contributed by atoms with Crippen molar-refractivity contribution in [3.63, 3.8) is 0 Å². The van der Waals surface area contributed by atoms with Crippen molar-refractivity contribution in [2.45, 2.75) is 17.7 Å². The van der Waals surface area contributed by atoms with Crippen molar-refractivity contribution in [2.24, 2.45) is 5.73 Å². The molecule has 21 heavy (non-hydrogen) atoms. The highest BCUT2D eigenvalue weighted by Crippen LogP contribution is 2.15. The number of sulfone groups is 1. The second-order valence-electron chi connectivity index (χ2n) is 4.33. The average molecular weight is 337 g/mol. The summed E-state index contributed by atoms with van der Waals surface area (Å²) in [7, 11) is -3.18. The van der Waals surface area contributed by atoms with E-state index >= 15 is 0 Å². The van der Waals surface area contributed by atoms with Crippen LogP contribution in [0.15, 0.2) is 29.2 Å². The lowest BCUT2D eigenvalue weighted by Crippen LogP contribution is -2.29. The van der Waals surface area contributed by atoms with Crippen LogP contribution in [0.5, 0.6) is 5.75 Å². The van der Waals surface area contributed by atoms with Gasteiger partial charge in [0, 0.05) is 25.8 Å². The lowest BCUT2D eigenvalue weighted by molar-refractivity contribution is -0.121. The molecule has 0 spiro atoms. The number of carbonyl (C=O) groups excluding carboxylic acids is 1. The molecule has 0 aliphatic rings. The third kappa shape index (κ3) is 7.89. The van der Waals surface area contributed by atoms with Gasteiger partial charge in [-0.05, 0) is 30.7 Å². The molecule has 0 bridgehead atoms. The molecular weight excluding hydrogens is 316 g/mol. The summed E-state index contributed by atoms with van der Waals surface area (Å²) in [4.78, 5) is 11.5. The SMILES string of the molecule is CS(=O)(=O)c1ccc(OCCCC(=O)NCCN)cc1.Cl. The summed E-state index contributed by atoms with van der Waals surface area (Å²) in [6, 6.07) is 6.20. The van der Waals surface area contributed by atoms with Crippen molar-refractivity contribution in [3.8, 4) is 5.75 Å². The van der Waals surface area contributed by atoms with Gasteiger partial charge in [0.05, 0.1) is 11.5 Å². The monoisotopic (exact) mass is 336 g/mol. The van der Waals surface area contributed by atoms with Gasteiger partial charge in [-0.15, -0.1) is 12.4 Å². The fraction of sp³-hybridized carbons (Fsp3) is 0.462. The highest BCUT2D eigenvalue weighted by atomic mass is 35.5. The average Bonchev–Trinajstić information content (AvgIpc) is 2.41. The molecule has 120 valence electrons. The van der Waals surface area contributed by atoms with Gasteiger partial charge in [-0.1, -0.05) is 0 Å². The van der Waals surface area contributed by atoms with Crippen molar-refractivity contribution < 1.29 is 17.9 Å². The first-order valence-corrected chi connectivity index (χ1v) is 8.22. The van der Waals surface area contributed by atoms with E-state index in [0.717, 1.165) is 6.26 Å². The molecule has 1 amide bonds. The molecule has 1 aromatic carbocycles. The molecule has 0 fully saturated rings. The van der Waals surface area contributed by atoms with Gasteiger partial charge in [0.2, 0.25) is 5.91 Å². The first-order valence-electron chi connectivity index (χ1n) is 6.33. The maximum Gasteiger partial charge on any atom is 0.220 e. The highest BCUT2D eigenvalue weighted by Gasteiger charge is 2.06. The first kappa shape index (κ1) is 19.7. The minimum absolute atomic E-state index is 0. The molecule has 0 saturated heterocycles. The molecule has 1 aromatic rings. The zero-order chi connectivity index (χ0) is 15.0. The summed E-state index contributed by atoms with van der Waals surface area (Å²) in [6.07, 6.45) is 2.12. The van der Waals surface area contributed by atoms with Gasteiger partial charge >= 0.3 is 0 Å². The standard InChI is InChI=1S/C13H20N2O4S.ClH/c1-20(17,18)12-6-4-11(5-7-12)19-10-2-3-13(16)15-9-8-14;/h4-7H,2-3,8-10,14H2,1H3,(H,15,16);1H. The van der Waals surface area contributed by atoms with Crippen LogP contribution in [0.2, 0.25) is 0 Å². The quantitative estimate of drug-likeness (QED) is 0.682. The van der Waals surface area contributed by atoms with E-state index in [4.69, 9.17) is 10.5 Å². The molecule has 0 aromatic heterocycles. The number of ether oxygens (including phenoxy) is 1. The summed E-state index contributed by atoms with van der Waals surface area (Å²) in [5.41, 5.74) is 5.27. The zero-order valence-corrected chi connectivity index (χ0v) is 13.5. The zero-order valence-electron chi connectivity index (χ0n) is 11.9. The summed E-state index contributed by atoms with van der Waals surface area (Å²) < 4.78 is 28.0. The molecule has 0 atom stereocenters. The lowest BCUT2D eigenvalue weighted by atomic mass is 10.3. The molecule has 8 heteroatoms. The number of benzene rings is 1. The predicted octanol–water partition coefficient (Wildman–Crippen LogP) is 0.746. The number of carbonyl (C=O) groups is 1. The number of nitrogens with one attached hydrogen (secondary N) is 1. The van der Waals surface area contributed by atoms with Crippen LogP contribution in [-0.2, 0) is 14.6 Å². The third-order valence-corrected chi connectivity index (χ3v) is 3.66. The third-order valence-electron chi connectivity index (χ3n) is 2.54. The number of nitrogens with two attached hydrogens (primary N) is 1. The predicted molar refractivity (Wildman–Crippen MR) is 83.6 cm³/mol. The molecule has 6 nitrogen and oxygen atoms in total. The van der Waals surface area contributed by atoms with Gasteiger partial charge in [0.15, 0.2) is 9.84 Å². The molecule has 0 heterocycles. The molecule has 3 N–H and O–H groups in total. The van der Waals surface area contributed by atoms with E-state index in [0.29, 0.717) is 38.3 Å². The van der Waals surface area contributed by atoms with E-state index < -0.39 is 9.84 Å². The Balaban J connectivity index is 0.00000400. The molecule has 1 rings (SSSR count). The topological polar surface area (TPSA) is 98.5 Å². The van der Waals surface area contributed by atoms with E-state index in [2.05, 4.69) is 5.32 Å². The Bertz CT molecular complexity index is 532. The second kappa shape index (κ2) is 9.59. The number of halogens is 1. The van der Waals surface area contributed by atoms with Crippen molar-refractivity contribution >= 4 is 28.2 Å². The molecule has 0 aliphatic heterocycles. The Morgan fingerprint density at radius 1 is 1.29 bits per heavy atom. The van der Waals surface area contributed by atoms with Gasteiger partial charge in [-0.3, -0.25) is 4.79 Å². The summed E-state index contributed by atoms with van der Waals surface area (Å²) in [5.74, 6) is 0.534. The number of rotatable bonds is 8. The van der Waals surface area contributed by atoms with Crippen LogP contribution in [0.4, 0.5) is 0 Å². The summed E-state index contributed by atoms with van der Waals surface area (Å²) >= 11 is 0. The Morgan fingerprint density at radius 2 is 1.90 bits per heavy atom. The highest BCUT2D eigenvalue weighted by molar-refractivity contribution is 7.90. The maximum absolute atomic E-state index is 11.3. The fourth-order valence-corrected chi connectivity index (χ4v) is 2.14. The number of hydrogen-bond acceptors (Lipinski definition) is 5. The van der Waals surface area contributed by atoms with Crippen LogP contribution in [0.25, 0.3) is 0 Å². The second-order valence-corrected chi connectivity index (χ2v) is 6.35. The first-order chi connectivity index (χ1) is 9.43. The normalized spacial score (nSPS) is 10.6. The van der Waals surface area contributed by atoms with Crippen LogP contribution < -0.4 is 15.8 Å². The van der Waals surface area contributed by atoms with Gasteiger partial charge in [0.25, 0.3) is 0 Å². The number of amides is 1. The Kier molecular flexibility index (Phi) is 9.00. The van der Waals surface area contributed by atoms with Crippen molar-refractivity contribution in [1.82, 2.24) is 5.32 Å². The van der Waals surface area contributed by atoms with Crippen molar-refractivity contribution in [2.75, 3.05) is 26.0 Å². The van der Waals surface area contributed by atoms with E-state index in [1.54, 1.807) is 12.1 Å². The van der Waals surface area contributed by atoms with Gasteiger partial charge in [-0.2, -0.15) is 0 Å². The Morgan fingerprint density at radius 3 is 2.43 bits per heavy atom. The summed E-state index contributed by atoms with van der Waals surface area (Å²) in [5, 5.41) is 2.67. The van der Waals surface area contributed by atoms with E-state index in [9.17, 15) is 13.2 Å². The molecule has 0 radical (unpaired) electrons. The number of hydrogen-bond donors (Lipinski definition) is 2. The van der Waals surface area contributed by atoms with Crippen LogP contribution in [0.3, 0.4) is 0 Å². The van der Waals surface area contributed by atoms with E-state index in [1.165, 1.54) is 12.1 Å². The minimum atomic E-state index is -3.18. The van der Waals surface area contributed by atoms with Crippen LogP contribution in [0.1, 0.15) is 12.8 Å². The molecule has 0 aliphatic carbocycles. The molecule has 0 unspecified atom stereocenters. The van der Waals surface area contributed by atoms with Crippen LogP contribution >= 0.6 is 12.4 Å². The fourth-order valence-electron chi connectivity index (χ4n) is 1.51. The lowest BCUT2D eigenvalue weighted by Gasteiger charge is -2.07. The van der Waals surface area contributed by atoms with Gasteiger partial charge in [-0.25, -0.2) is 8.42 Å². The van der Waals surface area contributed by atoms with Crippen molar-refractivity contribution in [1.29, 1.82) is 0 Å². The Labute approximate surface area is 131 Å². The molecular formula is C13H21ClN2O4S.